The highest BCUT2D eigenvalue weighted by molar-refractivity contribution is 5.88. The molecule has 118 valence electrons. The van der Waals surface area contributed by atoms with Crippen LogP contribution in [0.4, 0.5) is 0 Å². The van der Waals surface area contributed by atoms with Crippen LogP contribution in [0.2, 0.25) is 0 Å². The average molecular weight is 294 g/mol. The van der Waals surface area contributed by atoms with Crippen molar-refractivity contribution in [2.75, 3.05) is 13.1 Å². The standard InChI is InChI=1S/C16H26N2O3/c1-16(2)7-4-8-18(13(16)15(20)21)14(19)12-11-6-3-5-10(11)9-17-12/h10-13,17H,3-9H2,1-2H3,(H,20,21). The van der Waals surface area contributed by atoms with Gasteiger partial charge in [-0.05, 0) is 49.5 Å². The molecule has 5 nitrogen and oxygen atoms in total. The van der Waals surface area contributed by atoms with Crippen molar-refractivity contribution < 1.29 is 14.7 Å². The van der Waals surface area contributed by atoms with Gasteiger partial charge in [-0.25, -0.2) is 4.79 Å². The molecule has 1 amide bonds. The molecule has 0 spiro atoms. The first kappa shape index (κ1) is 14.8. The number of carbonyl (C=O) groups is 2. The van der Waals surface area contributed by atoms with E-state index in [9.17, 15) is 14.7 Å². The molecule has 2 N–H and O–H groups in total. The predicted molar refractivity (Wildman–Crippen MR) is 78.8 cm³/mol. The first-order valence-electron chi connectivity index (χ1n) is 8.18. The first-order valence-corrected chi connectivity index (χ1v) is 8.18. The first-order chi connectivity index (χ1) is 9.92. The minimum absolute atomic E-state index is 0.0181. The lowest BCUT2D eigenvalue weighted by Crippen LogP contribution is -2.60. The van der Waals surface area contributed by atoms with Crippen molar-refractivity contribution in [3.05, 3.63) is 0 Å². The monoisotopic (exact) mass is 294 g/mol. The Balaban J connectivity index is 1.81. The van der Waals surface area contributed by atoms with Crippen LogP contribution in [0.15, 0.2) is 0 Å². The van der Waals surface area contributed by atoms with E-state index in [0.717, 1.165) is 25.8 Å². The number of hydrogen-bond acceptors (Lipinski definition) is 3. The summed E-state index contributed by atoms with van der Waals surface area (Å²) >= 11 is 0. The molecular formula is C16H26N2O3. The molecular weight excluding hydrogens is 268 g/mol. The van der Waals surface area contributed by atoms with Gasteiger partial charge in [0.2, 0.25) is 5.91 Å². The molecule has 1 aliphatic carbocycles. The lowest BCUT2D eigenvalue weighted by Gasteiger charge is -2.45. The summed E-state index contributed by atoms with van der Waals surface area (Å²) in [7, 11) is 0. The zero-order valence-electron chi connectivity index (χ0n) is 13.0. The SMILES string of the molecule is CC1(C)CCCN(C(=O)C2NCC3CCCC32)C1C(=O)O. The van der Waals surface area contributed by atoms with Gasteiger partial charge in [0, 0.05) is 6.54 Å². The molecule has 2 aliphatic heterocycles. The van der Waals surface area contributed by atoms with E-state index in [1.165, 1.54) is 12.8 Å². The number of nitrogens with one attached hydrogen (secondary N) is 1. The molecule has 2 saturated heterocycles. The van der Waals surface area contributed by atoms with Gasteiger partial charge in [0.05, 0.1) is 6.04 Å². The Kier molecular flexibility index (Phi) is 3.72. The van der Waals surface area contributed by atoms with Gasteiger partial charge in [0.1, 0.15) is 6.04 Å². The van der Waals surface area contributed by atoms with E-state index in [0.29, 0.717) is 18.4 Å². The Morgan fingerprint density at radius 1 is 1.24 bits per heavy atom. The van der Waals surface area contributed by atoms with Gasteiger partial charge >= 0.3 is 5.97 Å². The quantitative estimate of drug-likeness (QED) is 0.809. The summed E-state index contributed by atoms with van der Waals surface area (Å²) in [6, 6.07) is -0.853. The highest BCUT2D eigenvalue weighted by atomic mass is 16.4. The molecule has 3 fully saturated rings. The van der Waals surface area contributed by atoms with Crippen molar-refractivity contribution in [1.29, 1.82) is 0 Å². The molecule has 0 aromatic heterocycles. The van der Waals surface area contributed by atoms with E-state index in [2.05, 4.69) is 5.32 Å². The van der Waals surface area contributed by atoms with Gasteiger partial charge in [-0.15, -0.1) is 0 Å². The van der Waals surface area contributed by atoms with Gasteiger partial charge in [-0.3, -0.25) is 4.79 Å². The number of nitrogens with zero attached hydrogens (tertiary/aromatic N) is 1. The summed E-state index contributed by atoms with van der Waals surface area (Å²) < 4.78 is 0. The predicted octanol–water partition coefficient (Wildman–Crippen LogP) is 1.48. The van der Waals surface area contributed by atoms with E-state index in [4.69, 9.17) is 0 Å². The van der Waals surface area contributed by atoms with Crippen molar-refractivity contribution >= 4 is 11.9 Å². The second kappa shape index (κ2) is 5.27. The number of carbonyl (C=O) groups excluding carboxylic acids is 1. The maximum atomic E-state index is 12.9. The van der Waals surface area contributed by atoms with Crippen LogP contribution in [0.3, 0.4) is 0 Å². The topological polar surface area (TPSA) is 69.6 Å². The molecule has 3 aliphatic rings. The number of hydrogen-bond donors (Lipinski definition) is 2. The smallest absolute Gasteiger partial charge is 0.326 e. The summed E-state index contributed by atoms with van der Waals surface area (Å²) in [5.41, 5.74) is -0.354. The summed E-state index contributed by atoms with van der Waals surface area (Å²) in [5, 5.41) is 13.0. The molecule has 4 unspecified atom stereocenters. The van der Waals surface area contributed by atoms with Crippen molar-refractivity contribution in [2.24, 2.45) is 17.3 Å². The molecule has 0 bridgehead atoms. The van der Waals surface area contributed by atoms with E-state index < -0.39 is 12.0 Å². The number of piperidine rings is 1. The fraction of sp³-hybridized carbons (Fsp3) is 0.875. The van der Waals surface area contributed by atoms with Crippen LogP contribution >= 0.6 is 0 Å². The molecule has 3 rings (SSSR count). The van der Waals surface area contributed by atoms with Crippen molar-refractivity contribution in [3.63, 3.8) is 0 Å². The Bertz CT molecular complexity index is 449. The molecule has 1 saturated carbocycles. The molecule has 4 atom stereocenters. The summed E-state index contributed by atoms with van der Waals surface area (Å²) in [6.45, 7) is 5.42. The molecule has 0 radical (unpaired) electrons. The highest BCUT2D eigenvalue weighted by Gasteiger charge is 2.49. The number of amides is 1. The summed E-state index contributed by atoms with van der Waals surface area (Å²) in [4.78, 5) is 26.3. The summed E-state index contributed by atoms with van der Waals surface area (Å²) in [6.07, 6.45) is 5.26. The van der Waals surface area contributed by atoms with E-state index >= 15 is 0 Å². The van der Waals surface area contributed by atoms with Gasteiger partial charge in [-0.1, -0.05) is 20.3 Å². The third-order valence-corrected chi connectivity index (χ3v) is 5.80. The lowest BCUT2D eigenvalue weighted by molar-refractivity contribution is -0.160. The number of fused-ring (bicyclic) bond motifs is 1. The van der Waals surface area contributed by atoms with Gasteiger partial charge < -0.3 is 15.3 Å². The second-order valence-electron chi connectivity index (χ2n) is 7.61. The minimum atomic E-state index is -0.867. The van der Waals surface area contributed by atoms with Crippen LogP contribution in [0.1, 0.15) is 46.0 Å². The zero-order valence-corrected chi connectivity index (χ0v) is 13.0. The van der Waals surface area contributed by atoms with E-state index in [-0.39, 0.29) is 17.4 Å². The number of likely N-dealkylation sites (tertiary alicyclic amines) is 1. The summed E-state index contributed by atoms with van der Waals surface area (Å²) in [5.74, 6) is 0.176. The van der Waals surface area contributed by atoms with Crippen molar-refractivity contribution in [1.82, 2.24) is 10.2 Å². The molecule has 0 aromatic carbocycles. The number of rotatable bonds is 2. The van der Waals surface area contributed by atoms with Crippen LogP contribution in [-0.2, 0) is 9.59 Å². The van der Waals surface area contributed by atoms with Crippen LogP contribution in [-0.4, -0.2) is 47.1 Å². The normalized spacial score (nSPS) is 38.3. The molecule has 2 heterocycles. The molecule has 21 heavy (non-hydrogen) atoms. The largest absolute Gasteiger partial charge is 0.480 e. The maximum Gasteiger partial charge on any atom is 0.326 e. The molecule has 5 heteroatoms. The Labute approximate surface area is 126 Å². The van der Waals surface area contributed by atoms with Crippen LogP contribution in [0, 0.1) is 17.3 Å². The van der Waals surface area contributed by atoms with Crippen molar-refractivity contribution in [2.45, 2.75) is 58.0 Å². The van der Waals surface area contributed by atoms with Crippen LogP contribution in [0.5, 0.6) is 0 Å². The third kappa shape index (κ3) is 2.45. The Hall–Kier alpha value is -1.10. The van der Waals surface area contributed by atoms with E-state index in [1.54, 1.807) is 4.90 Å². The number of carboxylic acid groups (broad SMARTS) is 1. The van der Waals surface area contributed by atoms with Gasteiger partial charge in [-0.2, -0.15) is 0 Å². The van der Waals surface area contributed by atoms with Crippen LogP contribution < -0.4 is 5.32 Å². The molecule has 0 aromatic rings. The second-order valence-corrected chi connectivity index (χ2v) is 7.61. The fourth-order valence-electron chi connectivity index (χ4n) is 4.73. The van der Waals surface area contributed by atoms with Crippen molar-refractivity contribution in [3.8, 4) is 0 Å². The van der Waals surface area contributed by atoms with E-state index in [1.807, 2.05) is 13.8 Å². The van der Waals surface area contributed by atoms with Crippen LogP contribution in [0.25, 0.3) is 0 Å². The van der Waals surface area contributed by atoms with Gasteiger partial charge in [0.15, 0.2) is 0 Å². The number of carboxylic acids is 1. The third-order valence-electron chi connectivity index (χ3n) is 5.80. The minimum Gasteiger partial charge on any atom is -0.480 e. The Morgan fingerprint density at radius 3 is 2.71 bits per heavy atom. The average Bonchev–Trinajstić information content (AvgIpc) is 2.98. The lowest BCUT2D eigenvalue weighted by atomic mass is 9.76. The highest BCUT2D eigenvalue weighted by Crippen LogP contribution is 2.40. The van der Waals surface area contributed by atoms with Gasteiger partial charge in [0.25, 0.3) is 0 Å². The Morgan fingerprint density at radius 2 is 2.00 bits per heavy atom. The number of aliphatic carboxylic acids is 1. The fourth-order valence-corrected chi connectivity index (χ4v) is 4.73. The maximum absolute atomic E-state index is 12.9. The zero-order chi connectivity index (χ0) is 15.2.